The first kappa shape index (κ1) is 23.6. The van der Waals surface area contributed by atoms with Crippen LogP contribution in [0.25, 0.3) is 0 Å². The van der Waals surface area contributed by atoms with Crippen molar-refractivity contribution in [1.29, 1.82) is 0 Å². The summed E-state index contributed by atoms with van der Waals surface area (Å²) in [6.07, 6.45) is 12.4. The molecular weight excluding hydrogens is 344 g/mol. The fourth-order valence-corrected chi connectivity index (χ4v) is 3.82. The van der Waals surface area contributed by atoms with Crippen molar-refractivity contribution in [2.45, 2.75) is 83.8 Å². The Bertz CT molecular complexity index is 511. The highest BCUT2D eigenvalue weighted by Gasteiger charge is 2.39. The molecule has 3 N–H and O–H groups in total. The van der Waals surface area contributed by atoms with Crippen molar-refractivity contribution >= 4 is 11.8 Å². The molecule has 0 aromatic carbocycles. The molecule has 5 atom stereocenters. The molecule has 0 amide bonds. The van der Waals surface area contributed by atoms with Gasteiger partial charge in [0, 0.05) is 24.3 Å². The second-order valence-corrected chi connectivity index (χ2v) is 7.88. The van der Waals surface area contributed by atoms with E-state index in [-0.39, 0.29) is 24.0 Å². The van der Waals surface area contributed by atoms with Gasteiger partial charge in [-0.1, -0.05) is 57.8 Å². The van der Waals surface area contributed by atoms with E-state index in [0.717, 1.165) is 38.2 Å². The van der Waals surface area contributed by atoms with Gasteiger partial charge < -0.3 is 15.3 Å². The van der Waals surface area contributed by atoms with Gasteiger partial charge in [0.1, 0.15) is 5.78 Å². The Hall–Kier alpha value is -1.46. The molecule has 5 nitrogen and oxygen atoms in total. The normalized spacial score (nSPS) is 25.5. The smallest absolute Gasteiger partial charge is 0.327 e. The van der Waals surface area contributed by atoms with Gasteiger partial charge in [0.2, 0.25) is 0 Å². The van der Waals surface area contributed by atoms with E-state index in [1.807, 2.05) is 6.08 Å². The molecule has 0 aromatic heterocycles. The number of aliphatic hydroxyl groups excluding tert-OH is 2. The van der Waals surface area contributed by atoms with Crippen molar-refractivity contribution in [1.82, 2.24) is 0 Å². The molecule has 1 aliphatic carbocycles. The predicted molar refractivity (Wildman–Crippen MR) is 106 cm³/mol. The van der Waals surface area contributed by atoms with Crippen molar-refractivity contribution in [3.05, 3.63) is 24.3 Å². The first-order valence-electron chi connectivity index (χ1n) is 10.3. The van der Waals surface area contributed by atoms with Gasteiger partial charge in [0.05, 0.1) is 12.2 Å². The van der Waals surface area contributed by atoms with Gasteiger partial charge in [-0.25, -0.2) is 4.79 Å². The predicted octanol–water partition coefficient (Wildman–Crippen LogP) is 3.89. The second kappa shape index (κ2) is 12.8. The number of allylic oxidation sites excluding steroid dienone is 1. The number of carboxylic acids is 1. The molecule has 0 radical (unpaired) electrons. The molecule has 1 saturated carbocycles. The Labute approximate surface area is 163 Å². The Morgan fingerprint density at radius 3 is 2.70 bits per heavy atom. The third kappa shape index (κ3) is 9.34. The quantitative estimate of drug-likeness (QED) is 0.256. The van der Waals surface area contributed by atoms with E-state index in [4.69, 9.17) is 5.11 Å². The molecule has 0 aliphatic heterocycles. The third-order valence-corrected chi connectivity index (χ3v) is 5.38. The average molecular weight is 381 g/mol. The van der Waals surface area contributed by atoms with Crippen LogP contribution < -0.4 is 0 Å². The number of carbonyl (C=O) groups excluding carboxylic acids is 1. The number of Topliss-reactive ketones (excluding diaryl/α,β-unsaturated/α-hetero) is 1. The number of aliphatic carboxylic acids is 1. The van der Waals surface area contributed by atoms with Crippen LogP contribution in [0, 0.1) is 17.8 Å². The highest BCUT2D eigenvalue weighted by molar-refractivity contribution is 5.84. The largest absolute Gasteiger partial charge is 0.478 e. The number of unbranched alkanes of at least 4 members (excludes halogenated alkanes) is 3. The highest BCUT2D eigenvalue weighted by Crippen LogP contribution is 2.34. The maximum Gasteiger partial charge on any atom is 0.327 e. The molecule has 1 aliphatic rings. The topological polar surface area (TPSA) is 94.8 Å². The van der Waals surface area contributed by atoms with E-state index in [0.29, 0.717) is 25.2 Å². The molecule has 0 bridgehead atoms. The number of rotatable bonds is 13. The van der Waals surface area contributed by atoms with E-state index < -0.39 is 18.2 Å². The minimum atomic E-state index is -0.947. The first-order valence-corrected chi connectivity index (χ1v) is 10.3. The van der Waals surface area contributed by atoms with Crippen LogP contribution in [0.4, 0.5) is 0 Å². The van der Waals surface area contributed by atoms with E-state index in [2.05, 4.69) is 13.8 Å². The van der Waals surface area contributed by atoms with Crippen LogP contribution >= 0.6 is 0 Å². The van der Waals surface area contributed by atoms with Crippen LogP contribution in [-0.2, 0) is 9.59 Å². The zero-order valence-electron chi connectivity index (χ0n) is 16.7. The molecule has 0 heterocycles. The van der Waals surface area contributed by atoms with Gasteiger partial charge in [-0.15, -0.1) is 0 Å². The summed E-state index contributed by atoms with van der Waals surface area (Å²) in [5, 5.41) is 29.0. The summed E-state index contributed by atoms with van der Waals surface area (Å²) in [6.45, 7) is 4.30. The Morgan fingerprint density at radius 1 is 1.30 bits per heavy atom. The fourth-order valence-electron chi connectivity index (χ4n) is 3.82. The summed E-state index contributed by atoms with van der Waals surface area (Å²) in [4.78, 5) is 22.6. The lowest BCUT2D eigenvalue weighted by molar-refractivity contribution is -0.131. The monoisotopic (exact) mass is 380 g/mol. The number of aliphatic hydroxyl groups is 2. The lowest BCUT2D eigenvalue weighted by atomic mass is 9.88. The average Bonchev–Trinajstić information content (AvgIpc) is 2.87. The van der Waals surface area contributed by atoms with Gasteiger partial charge in [-0.05, 0) is 31.6 Å². The van der Waals surface area contributed by atoms with Gasteiger partial charge in [0.15, 0.2) is 0 Å². The summed E-state index contributed by atoms with van der Waals surface area (Å²) < 4.78 is 0. The molecule has 0 spiro atoms. The lowest BCUT2D eigenvalue weighted by Crippen LogP contribution is -2.19. The summed E-state index contributed by atoms with van der Waals surface area (Å²) >= 11 is 0. The van der Waals surface area contributed by atoms with E-state index in [1.54, 1.807) is 12.2 Å². The summed E-state index contributed by atoms with van der Waals surface area (Å²) in [5.41, 5.74) is 0. The van der Waals surface area contributed by atoms with Crippen LogP contribution in [0.15, 0.2) is 24.3 Å². The number of carboxylic acid groups (broad SMARTS) is 1. The van der Waals surface area contributed by atoms with Crippen LogP contribution in [0.2, 0.25) is 0 Å². The zero-order valence-corrected chi connectivity index (χ0v) is 16.7. The Balaban J connectivity index is 2.47. The van der Waals surface area contributed by atoms with Crippen molar-refractivity contribution in [2.75, 3.05) is 0 Å². The third-order valence-electron chi connectivity index (χ3n) is 5.38. The number of ketones is 1. The van der Waals surface area contributed by atoms with Crippen molar-refractivity contribution in [3.63, 3.8) is 0 Å². The molecular formula is C22H36O5. The maximum absolute atomic E-state index is 12.2. The first-order chi connectivity index (χ1) is 12.8. The molecule has 1 rings (SSSR count). The minimum Gasteiger partial charge on any atom is -0.478 e. The maximum atomic E-state index is 12.2. The number of carbonyl (C=O) groups is 2. The summed E-state index contributed by atoms with van der Waals surface area (Å²) in [5.74, 6) is -0.840. The number of hydrogen-bond acceptors (Lipinski definition) is 4. The molecule has 154 valence electrons. The second-order valence-electron chi connectivity index (χ2n) is 7.88. The fraction of sp³-hybridized carbons (Fsp3) is 0.727. The summed E-state index contributed by atoms with van der Waals surface area (Å²) in [6, 6.07) is 0. The molecule has 0 aromatic rings. The van der Waals surface area contributed by atoms with Crippen molar-refractivity contribution < 1.29 is 24.9 Å². The standard InChI is InChI=1S/C22H36O5/c1-3-4-9-16(2)14-17(23)12-13-19-18(20(24)15-21(19)25)10-7-5-6-8-11-22(26)27/h8,11-13,16-19,21,23,25H,3-7,9-10,14-15H2,1-2H3,(H,26,27)/b11-8+,13-12+/t16?,17-,18?,19-,21?/m1/s1. The SMILES string of the molecule is CCCCC(C)C[C@H](O)/C=C/[C@H]1C(O)CC(=O)C1CCCC/C=C/C(=O)O. The van der Waals surface area contributed by atoms with Gasteiger partial charge in [0.25, 0.3) is 0 Å². The molecule has 0 saturated heterocycles. The van der Waals surface area contributed by atoms with E-state index in [9.17, 15) is 19.8 Å². The Kier molecular flexibility index (Phi) is 11.2. The Morgan fingerprint density at radius 2 is 2.04 bits per heavy atom. The van der Waals surface area contributed by atoms with Crippen LogP contribution in [-0.4, -0.2) is 39.3 Å². The highest BCUT2D eigenvalue weighted by atomic mass is 16.4. The zero-order chi connectivity index (χ0) is 20.2. The van der Waals surface area contributed by atoms with E-state index >= 15 is 0 Å². The van der Waals surface area contributed by atoms with Gasteiger partial charge >= 0.3 is 5.97 Å². The molecule has 3 unspecified atom stereocenters. The lowest BCUT2D eigenvalue weighted by Gasteiger charge is -2.18. The van der Waals surface area contributed by atoms with Gasteiger partial charge in [-0.3, -0.25) is 4.79 Å². The molecule has 1 fully saturated rings. The van der Waals surface area contributed by atoms with Crippen molar-refractivity contribution in [2.24, 2.45) is 17.8 Å². The molecule has 5 heteroatoms. The van der Waals surface area contributed by atoms with Gasteiger partial charge in [-0.2, -0.15) is 0 Å². The van der Waals surface area contributed by atoms with Crippen LogP contribution in [0.3, 0.4) is 0 Å². The summed E-state index contributed by atoms with van der Waals surface area (Å²) in [7, 11) is 0. The number of hydrogen-bond donors (Lipinski definition) is 3. The van der Waals surface area contributed by atoms with Crippen LogP contribution in [0.5, 0.6) is 0 Å². The van der Waals surface area contributed by atoms with Crippen molar-refractivity contribution in [3.8, 4) is 0 Å². The molecule has 27 heavy (non-hydrogen) atoms. The van der Waals surface area contributed by atoms with Crippen LogP contribution in [0.1, 0.15) is 71.6 Å². The minimum absolute atomic E-state index is 0.0871. The van der Waals surface area contributed by atoms with E-state index in [1.165, 1.54) is 0 Å².